The molecule has 0 aromatic heterocycles. The summed E-state index contributed by atoms with van der Waals surface area (Å²) in [4.78, 5) is 1.96. The van der Waals surface area contributed by atoms with E-state index < -0.39 is 0 Å². The number of anilines is 1. The van der Waals surface area contributed by atoms with E-state index in [-0.39, 0.29) is 18.5 Å². The molecule has 2 aliphatic heterocycles. The molecule has 2 aliphatic rings. The number of ether oxygens (including phenoxy) is 1. The van der Waals surface area contributed by atoms with Crippen molar-refractivity contribution in [3.8, 4) is 0 Å². The fourth-order valence-corrected chi connectivity index (χ4v) is 4.00. The average molecular weight is 297 g/mol. The Hall–Kier alpha value is -0.780. The minimum atomic E-state index is -0.159. The van der Waals surface area contributed by atoms with Crippen molar-refractivity contribution in [3.05, 3.63) is 29.6 Å². The Bertz CT molecular complexity index is 465. The van der Waals surface area contributed by atoms with E-state index in [0.29, 0.717) is 19.2 Å². The van der Waals surface area contributed by atoms with Crippen LogP contribution in [-0.2, 0) is 4.74 Å². The molecule has 1 N–H and O–H groups in total. The van der Waals surface area contributed by atoms with E-state index >= 15 is 0 Å². The molecule has 2 fully saturated rings. The van der Waals surface area contributed by atoms with Gasteiger partial charge in [0.15, 0.2) is 0 Å². The summed E-state index contributed by atoms with van der Waals surface area (Å²) >= 11 is 1.95. The van der Waals surface area contributed by atoms with Crippen molar-refractivity contribution in [3.63, 3.8) is 0 Å². The largest absolute Gasteiger partial charge is 0.394 e. The van der Waals surface area contributed by atoms with Gasteiger partial charge in [-0.05, 0) is 48.0 Å². The third-order valence-electron chi connectivity index (χ3n) is 4.10. The summed E-state index contributed by atoms with van der Waals surface area (Å²) in [6, 6.07) is 5.51. The van der Waals surface area contributed by atoms with Gasteiger partial charge in [0.25, 0.3) is 0 Å². The first-order valence-electron chi connectivity index (χ1n) is 7.12. The second-order valence-electron chi connectivity index (χ2n) is 5.42. The Morgan fingerprint density at radius 2 is 2.15 bits per heavy atom. The van der Waals surface area contributed by atoms with Crippen LogP contribution in [0.1, 0.15) is 24.3 Å². The maximum Gasteiger partial charge on any atom is 0.128 e. The van der Waals surface area contributed by atoms with Crippen LogP contribution in [0.15, 0.2) is 18.2 Å². The summed E-state index contributed by atoms with van der Waals surface area (Å²) in [6.45, 7) is 1.05. The Labute approximate surface area is 123 Å². The summed E-state index contributed by atoms with van der Waals surface area (Å²) in [5.41, 5.74) is 1.69. The molecule has 110 valence electrons. The van der Waals surface area contributed by atoms with Crippen molar-refractivity contribution in [1.29, 1.82) is 0 Å². The Kier molecular flexibility index (Phi) is 4.48. The maximum absolute atomic E-state index is 14.3. The van der Waals surface area contributed by atoms with Gasteiger partial charge < -0.3 is 14.7 Å². The molecule has 2 heterocycles. The summed E-state index contributed by atoms with van der Waals surface area (Å²) in [6.07, 6.45) is 1.98. The van der Waals surface area contributed by atoms with Gasteiger partial charge in [0, 0.05) is 12.2 Å². The third-order valence-corrected chi connectivity index (χ3v) is 5.15. The van der Waals surface area contributed by atoms with Gasteiger partial charge in [0.05, 0.1) is 6.61 Å². The van der Waals surface area contributed by atoms with Crippen LogP contribution in [0.3, 0.4) is 0 Å². The number of aliphatic hydroxyl groups excluding tert-OH is 1. The molecule has 3 rings (SSSR count). The SMILES string of the molecule is OC[C@H]1CN(c2ccc(C3CCSCC3)c(F)c2)CO1. The zero-order valence-corrected chi connectivity index (χ0v) is 12.2. The van der Waals surface area contributed by atoms with Crippen molar-refractivity contribution in [1.82, 2.24) is 0 Å². The van der Waals surface area contributed by atoms with Crippen LogP contribution >= 0.6 is 11.8 Å². The predicted molar refractivity (Wildman–Crippen MR) is 79.9 cm³/mol. The first-order chi connectivity index (χ1) is 9.78. The fraction of sp³-hybridized carbons (Fsp3) is 0.600. The highest BCUT2D eigenvalue weighted by Crippen LogP contribution is 2.34. The second-order valence-corrected chi connectivity index (χ2v) is 6.64. The first-order valence-corrected chi connectivity index (χ1v) is 8.28. The lowest BCUT2D eigenvalue weighted by Gasteiger charge is -2.23. The molecule has 0 spiro atoms. The van der Waals surface area contributed by atoms with Gasteiger partial charge >= 0.3 is 0 Å². The molecule has 5 heteroatoms. The monoisotopic (exact) mass is 297 g/mol. The topological polar surface area (TPSA) is 32.7 Å². The molecule has 2 saturated heterocycles. The lowest BCUT2D eigenvalue weighted by atomic mass is 9.93. The standard InChI is InChI=1S/C15H20FNO2S/c16-15-7-12(17-8-13(9-18)19-10-17)1-2-14(15)11-3-5-20-6-4-11/h1-2,7,11,13,18H,3-6,8-10H2/t13-/m1/s1. The van der Waals surface area contributed by atoms with E-state index in [2.05, 4.69) is 0 Å². The van der Waals surface area contributed by atoms with Crippen molar-refractivity contribution in [2.75, 3.05) is 36.3 Å². The van der Waals surface area contributed by atoms with Gasteiger partial charge in [0.2, 0.25) is 0 Å². The van der Waals surface area contributed by atoms with Crippen LogP contribution < -0.4 is 4.90 Å². The summed E-state index contributed by atoms with van der Waals surface area (Å²) in [5, 5.41) is 9.07. The van der Waals surface area contributed by atoms with E-state index in [0.717, 1.165) is 35.6 Å². The lowest BCUT2D eigenvalue weighted by Crippen LogP contribution is -2.23. The number of benzene rings is 1. The minimum Gasteiger partial charge on any atom is -0.394 e. The minimum absolute atomic E-state index is 0.0107. The molecular weight excluding hydrogens is 277 g/mol. The van der Waals surface area contributed by atoms with E-state index in [1.807, 2.05) is 28.8 Å². The van der Waals surface area contributed by atoms with Gasteiger partial charge in [-0.1, -0.05) is 6.07 Å². The highest BCUT2D eigenvalue weighted by Gasteiger charge is 2.24. The summed E-state index contributed by atoms with van der Waals surface area (Å²) in [5.74, 6) is 2.52. The molecule has 0 bridgehead atoms. The number of hydrogen-bond acceptors (Lipinski definition) is 4. The highest BCUT2D eigenvalue weighted by molar-refractivity contribution is 7.99. The molecule has 0 amide bonds. The van der Waals surface area contributed by atoms with Gasteiger partial charge in [-0.15, -0.1) is 0 Å². The molecule has 0 unspecified atom stereocenters. The maximum atomic E-state index is 14.3. The third kappa shape index (κ3) is 2.95. The lowest BCUT2D eigenvalue weighted by molar-refractivity contribution is 0.0645. The molecule has 0 saturated carbocycles. The van der Waals surface area contributed by atoms with Gasteiger partial charge in [0.1, 0.15) is 18.7 Å². The van der Waals surface area contributed by atoms with Gasteiger partial charge in [-0.2, -0.15) is 11.8 Å². The van der Waals surface area contributed by atoms with Crippen molar-refractivity contribution in [2.24, 2.45) is 0 Å². The van der Waals surface area contributed by atoms with E-state index in [9.17, 15) is 4.39 Å². The summed E-state index contributed by atoms with van der Waals surface area (Å²) in [7, 11) is 0. The van der Waals surface area contributed by atoms with Gasteiger partial charge in [-0.3, -0.25) is 0 Å². The van der Waals surface area contributed by atoms with Crippen LogP contribution in [0.2, 0.25) is 0 Å². The normalized spacial score (nSPS) is 24.3. The zero-order valence-electron chi connectivity index (χ0n) is 11.4. The van der Waals surface area contributed by atoms with Crippen LogP contribution in [0.5, 0.6) is 0 Å². The zero-order chi connectivity index (χ0) is 13.9. The second kappa shape index (κ2) is 6.33. The Morgan fingerprint density at radius 3 is 2.80 bits per heavy atom. The first kappa shape index (κ1) is 14.2. The van der Waals surface area contributed by atoms with Crippen LogP contribution in [0, 0.1) is 5.82 Å². The smallest absolute Gasteiger partial charge is 0.128 e. The number of rotatable bonds is 3. The fourth-order valence-electron chi connectivity index (χ4n) is 2.89. The average Bonchev–Trinajstić information content (AvgIpc) is 2.97. The molecule has 1 aromatic carbocycles. The molecule has 20 heavy (non-hydrogen) atoms. The summed E-state index contributed by atoms with van der Waals surface area (Å²) < 4.78 is 19.7. The molecule has 0 radical (unpaired) electrons. The number of nitrogens with zero attached hydrogens (tertiary/aromatic N) is 1. The molecule has 3 nitrogen and oxygen atoms in total. The molecular formula is C15H20FNO2S. The number of hydrogen-bond donors (Lipinski definition) is 1. The van der Waals surface area contributed by atoms with E-state index in [1.165, 1.54) is 0 Å². The molecule has 0 aliphatic carbocycles. The van der Waals surface area contributed by atoms with Crippen molar-refractivity contribution >= 4 is 17.4 Å². The van der Waals surface area contributed by atoms with Crippen molar-refractivity contribution in [2.45, 2.75) is 24.9 Å². The highest BCUT2D eigenvalue weighted by atomic mass is 32.2. The van der Waals surface area contributed by atoms with E-state index in [1.54, 1.807) is 6.07 Å². The van der Waals surface area contributed by atoms with Crippen LogP contribution in [0.25, 0.3) is 0 Å². The molecule has 1 aromatic rings. The number of halogens is 1. The van der Waals surface area contributed by atoms with Crippen LogP contribution in [-0.4, -0.2) is 42.6 Å². The molecule has 1 atom stereocenters. The van der Waals surface area contributed by atoms with Crippen LogP contribution in [0.4, 0.5) is 10.1 Å². The Balaban J connectivity index is 1.74. The van der Waals surface area contributed by atoms with Gasteiger partial charge in [-0.25, -0.2) is 4.39 Å². The predicted octanol–water partition coefficient (Wildman–Crippen LogP) is 2.59. The number of thioether (sulfide) groups is 1. The quantitative estimate of drug-likeness (QED) is 0.929. The van der Waals surface area contributed by atoms with E-state index in [4.69, 9.17) is 9.84 Å². The van der Waals surface area contributed by atoms with Crippen molar-refractivity contribution < 1.29 is 14.2 Å². The number of aliphatic hydroxyl groups is 1. The Morgan fingerprint density at radius 1 is 1.35 bits per heavy atom.